The standard InChI is InChI=1S/C17H26ClN3O3.2ClH/c1-11(2)9-21-4-5-24-12(10-21)8-20-17(22)13-6-14(18)15(19)7-16(13)23-3;;/h6-7,11-12H,4-5,8-10,19H2,1-3H3,(H,20,22);2*1H. The fourth-order valence-corrected chi connectivity index (χ4v) is 2.97. The Balaban J connectivity index is 0.00000312. The van der Waals surface area contributed by atoms with Gasteiger partial charge in [-0.3, -0.25) is 9.69 Å². The lowest BCUT2D eigenvalue weighted by molar-refractivity contribution is -0.0295. The molecule has 0 aromatic heterocycles. The van der Waals surface area contributed by atoms with E-state index in [0.29, 0.717) is 41.1 Å². The molecule has 150 valence electrons. The van der Waals surface area contributed by atoms with E-state index in [1.54, 1.807) is 6.07 Å². The lowest BCUT2D eigenvalue weighted by Crippen LogP contribution is -2.48. The molecule has 0 spiro atoms. The summed E-state index contributed by atoms with van der Waals surface area (Å²) in [5.74, 6) is 0.762. The minimum absolute atomic E-state index is 0. The molecule has 0 aliphatic carbocycles. The van der Waals surface area contributed by atoms with Gasteiger partial charge in [-0.1, -0.05) is 25.4 Å². The maximum absolute atomic E-state index is 12.4. The van der Waals surface area contributed by atoms with Gasteiger partial charge in [0.15, 0.2) is 0 Å². The SMILES string of the molecule is COc1cc(N)c(Cl)cc1C(=O)NCC1CN(CC(C)C)CCO1.Cl.Cl. The summed E-state index contributed by atoms with van der Waals surface area (Å²) in [5, 5.41) is 3.23. The van der Waals surface area contributed by atoms with E-state index >= 15 is 0 Å². The molecule has 1 fully saturated rings. The van der Waals surface area contributed by atoms with Gasteiger partial charge in [-0.05, 0) is 12.0 Å². The number of nitrogen functional groups attached to an aromatic ring is 1. The molecule has 1 unspecified atom stereocenters. The van der Waals surface area contributed by atoms with E-state index < -0.39 is 0 Å². The smallest absolute Gasteiger partial charge is 0.255 e. The number of ether oxygens (including phenoxy) is 2. The van der Waals surface area contributed by atoms with Crippen LogP contribution in [0.3, 0.4) is 0 Å². The van der Waals surface area contributed by atoms with Crippen molar-refractivity contribution < 1.29 is 14.3 Å². The Morgan fingerprint density at radius 1 is 1.46 bits per heavy atom. The molecule has 1 amide bonds. The van der Waals surface area contributed by atoms with E-state index in [0.717, 1.165) is 19.6 Å². The number of rotatable bonds is 6. The summed E-state index contributed by atoms with van der Waals surface area (Å²) in [7, 11) is 1.49. The number of amides is 1. The van der Waals surface area contributed by atoms with Crippen LogP contribution in [0.1, 0.15) is 24.2 Å². The number of halogens is 3. The molecule has 9 heteroatoms. The highest BCUT2D eigenvalue weighted by Gasteiger charge is 2.22. The van der Waals surface area contributed by atoms with Gasteiger partial charge in [-0.25, -0.2) is 0 Å². The van der Waals surface area contributed by atoms with Gasteiger partial charge in [0.2, 0.25) is 0 Å². The van der Waals surface area contributed by atoms with E-state index in [1.807, 2.05) is 0 Å². The number of methoxy groups -OCH3 is 1. The molecule has 1 aromatic rings. The third kappa shape index (κ3) is 7.00. The highest BCUT2D eigenvalue weighted by Crippen LogP contribution is 2.28. The van der Waals surface area contributed by atoms with Crippen molar-refractivity contribution in [1.82, 2.24) is 10.2 Å². The zero-order chi connectivity index (χ0) is 17.7. The zero-order valence-electron chi connectivity index (χ0n) is 15.3. The minimum Gasteiger partial charge on any atom is -0.496 e. The Bertz CT molecular complexity index is 588. The number of nitrogens with zero attached hydrogens (tertiary/aromatic N) is 1. The molecule has 1 saturated heterocycles. The number of hydrogen-bond donors (Lipinski definition) is 2. The first kappa shape index (κ1) is 25.1. The molecular weight excluding hydrogens is 401 g/mol. The molecular formula is C17H28Cl3N3O3. The van der Waals surface area contributed by atoms with Gasteiger partial charge in [0.25, 0.3) is 5.91 Å². The molecule has 1 aliphatic heterocycles. The molecule has 1 aromatic carbocycles. The third-order valence-corrected chi connectivity index (χ3v) is 4.23. The quantitative estimate of drug-likeness (QED) is 0.681. The summed E-state index contributed by atoms with van der Waals surface area (Å²) in [6.45, 7) is 8.31. The predicted octanol–water partition coefficient (Wildman–Crippen LogP) is 2.86. The van der Waals surface area contributed by atoms with Crippen LogP contribution < -0.4 is 15.8 Å². The van der Waals surface area contributed by atoms with Crippen molar-refractivity contribution in [3.05, 3.63) is 22.7 Å². The van der Waals surface area contributed by atoms with Crippen LogP contribution in [0.15, 0.2) is 12.1 Å². The number of morpholine rings is 1. The molecule has 6 nitrogen and oxygen atoms in total. The van der Waals surface area contributed by atoms with Crippen molar-refractivity contribution in [3.8, 4) is 5.75 Å². The molecule has 1 heterocycles. The Kier molecular flexibility index (Phi) is 11.3. The van der Waals surface area contributed by atoms with Gasteiger partial charge < -0.3 is 20.5 Å². The molecule has 1 aliphatic rings. The number of anilines is 1. The fraction of sp³-hybridized carbons (Fsp3) is 0.588. The molecule has 0 saturated carbocycles. The second-order valence-corrected chi connectivity index (χ2v) is 6.84. The van der Waals surface area contributed by atoms with Crippen LogP contribution in [0.4, 0.5) is 5.69 Å². The average molecular weight is 429 g/mol. The van der Waals surface area contributed by atoms with E-state index in [9.17, 15) is 4.79 Å². The van der Waals surface area contributed by atoms with Gasteiger partial charge >= 0.3 is 0 Å². The van der Waals surface area contributed by atoms with E-state index in [2.05, 4.69) is 24.1 Å². The van der Waals surface area contributed by atoms with Crippen molar-refractivity contribution in [2.45, 2.75) is 20.0 Å². The lowest BCUT2D eigenvalue weighted by Gasteiger charge is -2.34. The lowest BCUT2D eigenvalue weighted by atomic mass is 10.1. The topological polar surface area (TPSA) is 76.8 Å². The summed E-state index contributed by atoms with van der Waals surface area (Å²) in [6, 6.07) is 3.08. The van der Waals surface area contributed by atoms with Crippen LogP contribution in [0.25, 0.3) is 0 Å². The van der Waals surface area contributed by atoms with Crippen molar-refractivity contribution >= 4 is 48.0 Å². The van der Waals surface area contributed by atoms with E-state index in [4.69, 9.17) is 26.8 Å². The van der Waals surface area contributed by atoms with Crippen LogP contribution in [0.2, 0.25) is 5.02 Å². The molecule has 1 atom stereocenters. The molecule has 0 bridgehead atoms. The third-order valence-electron chi connectivity index (χ3n) is 3.90. The van der Waals surface area contributed by atoms with Crippen LogP contribution in [0.5, 0.6) is 5.75 Å². The van der Waals surface area contributed by atoms with E-state index in [1.165, 1.54) is 13.2 Å². The summed E-state index contributed by atoms with van der Waals surface area (Å²) in [6.07, 6.45) is -0.0169. The van der Waals surface area contributed by atoms with E-state index in [-0.39, 0.29) is 36.8 Å². The second kappa shape index (κ2) is 11.7. The normalized spacial score (nSPS) is 17.2. The Labute approximate surface area is 172 Å². The number of nitrogens with two attached hydrogens (primary N) is 1. The molecule has 3 N–H and O–H groups in total. The van der Waals surface area contributed by atoms with Crippen molar-refractivity contribution in [2.24, 2.45) is 5.92 Å². The maximum Gasteiger partial charge on any atom is 0.255 e. The first-order valence-corrected chi connectivity index (χ1v) is 8.53. The zero-order valence-corrected chi connectivity index (χ0v) is 17.7. The Morgan fingerprint density at radius 2 is 2.15 bits per heavy atom. The fourth-order valence-electron chi connectivity index (χ4n) is 2.80. The van der Waals surface area contributed by atoms with Gasteiger partial charge in [-0.2, -0.15) is 0 Å². The van der Waals surface area contributed by atoms with Gasteiger partial charge in [0.1, 0.15) is 5.75 Å². The monoisotopic (exact) mass is 427 g/mol. The van der Waals surface area contributed by atoms with Crippen LogP contribution in [-0.4, -0.2) is 56.8 Å². The second-order valence-electron chi connectivity index (χ2n) is 6.43. The number of hydrogen-bond acceptors (Lipinski definition) is 5. The van der Waals surface area contributed by atoms with Crippen LogP contribution in [0, 0.1) is 5.92 Å². The highest BCUT2D eigenvalue weighted by molar-refractivity contribution is 6.33. The number of carbonyl (C=O) groups is 1. The number of nitrogens with one attached hydrogen (secondary N) is 1. The summed E-state index contributed by atoms with van der Waals surface area (Å²) >= 11 is 6.01. The predicted molar refractivity (Wildman–Crippen MR) is 110 cm³/mol. The number of benzene rings is 1. The van der Waals surface area contributed by atoms with Gasteiger partial charge in [0, 0.05) is 32.2 Å². The largest absolute Gasteiger partial charge is 0.496 e. The summed E-state index contributed by atoms with van der Waals surface area (Å²) in [4.78, 5) is 14.8. The summed E-state index contributed by atoms with van der Waals surface area (Å²) < 4.78 is 11.0. The van der Waals surface area contributed by atoms with Gasteiger partial charge in [-0.15, -0.1) is 24.8 Å². The maximum atomic E-state index is 12.4. The highest BCUT2D eigenvalue weighted by atomic mass is 35.5. The van der Waals surface area contributed by atoms with Crippen molar-refractivity contribution in [2.75, 3.05) is 45.6 Å². The first-order valence-electron chi connectivity index (χ1n) is 8.15. The Morgan fingerprint density at radius 3 is 2.77 bits per heavy atom. The molecule has 0 radical (unpaired) electrons. The molecule has 2 rings (SSSR count). The first-order chi connectivity index (χ1) is 11.4. The van der Waals surface area contributed by atoms with Crippen LogP contribution in [-0.2, 0) is 4.74 Å². The van der Waals surface area contributed by atoms with Crippen molar-refractivity contribution in [3.63, 3.8) is 0 Å². The van der Waals surface area contributed by atoms with Crippen molar-refractivity contribution in [1.29, 1.82) is 0 Å². The average Bonchev–Trinajstić information content (AvgIpc) is 2.54. The van der Waals surface area contributed by atoms with Crippen LogP contribution >= 0.6 is 36.4 Å². The molecule has 26 heavy (non-hydrogen) atoms. The minimum atomic E-state index is -0.252. The summed E-state index contributed by atoms with van der Waals surface area (Å²) in [5.41, 5.74) is 6.49. The Hall–Kier alpha value is -0.920. The number of carbonyl (C=O) groups excluding carboxylic acids is 1. The van der Waals surface area contributed by atoms with Gasteiger partial charge in [0.05, 0.1) is 36.1 Å².